The minimum Gasteiger partial charge on any atom is -0.464 e. The molecule has 0 atom stereocenters. The van der Waals surface area contributed by atoms with Crippen molar-refractivity contribution < 1.29 is 4.42 Å². The summed E-state index contributed by atoms with van der Waals surface area (Å²) in [5.74, 6) is 0. The zero-order chi connectivity index (χ0) is 10.3. The predicted octanol–water partition coefficient (Wildman–Crippen LogP) is 2.44. The van der Waals surface area contributed by atoms with Crippen LogP contribution < -0.4 is 5.73 Å². The van der Waals surface area contributed by atoms with Gasteiger partial charge in [-0.3, -0.25) is 4.98 Å². The second-order valence-electron chi connectivity index (χ2n) is 3.46. The van der Waals surface area contributed by atoms with E-state index in [9.17, 15) is 0 Å². The van der Waals surface area contributed by atoms with Crippen molar-refractivity contribution in [2.75, 3.05) is 0 Å². The lowest BCUT2D eigenvalue weighted by Gasteiger charge is -2.03. The first-order chi connectivity index (χ1) is 7.40. The molecule has 3 rings (SSSR count). The van der Waals surface area contributed by atoms with Gasteiger partial charge in [0.25, 0.3) is 0 Å². The topological polar surface area (TPSA) is 52.0 Å². The first-order valence-electron chi connectivity index (χ1n) is 4.84. The van der Waals surface area contributed by atoms with Gasteiger partial charge in [0.1, 0.15) is 5.58 Å². The molecule has 0 bridgehead atoms. The molecule has 0 unspecified atom stereocenters. The number of benzene rings is 1. The molecule has 0 fully saturated rings. The van der Waals surface area contributed by atoms with Crippen LogP contribution in [0.25, 0.3) is 21.7 Å². The predicted molar refractivity (Wildman–Crippen MR) is 59.4 cm³/mol. The Labute approximate surface area is 86.5 Å². The van der Waals surface area contributed by atoms with Crippen LogP contribution in [0, 0.1) is 0 Å². The van der Waals surface area contributed by atoms with Crippen molar-refractivity contribution >= 4 is 21.7 Å². The van der Waals surface area contributed by atoms with E-state index in [1.807, 2.05) is 18.2 Å². The maximum atomic E-state index is 5.67. The van der Waals surface area contributed by atoms with Crippen molar-refractivity contribution in [1.29, 1.82) is 0 Å². The van der Waals surface area contributed by atoms with E-state index in [1.54, 1.807) is 12.5 Å². The highest BCUT2D eigenvalue weighted by molar-refractivity contribution is 6.05. The van der Waals surface area contributed by atoms with Crippen LogP contribution in [0.15, 0.2) is 41.1 Å². The highest BCUT2D eigenvalue weighted by Crippen LogP contribution is 2.27. The van der Waals surface area contributed by atoms with Gasteiger partial charge in [0.2, 0.25) is 0 Å². The summed E-state index contributed by atoms with van der Waals surface area (Å²) in [6, 6.07) is 8.02. The fraction of sp³-hybridized carbons (Fsp3) is 0.0833. The number of furan rings is 1. The molecule has 0 saturated heterocycles. The van der Waals surface area contributed by atoms with Gasteiger partial charge in [-0.05, 0) is 17.5 Å². The minimum atomic E-state index is 0.428. The minimum absolute atomic E-state index is 0.428. The van der Waals surface area contributed by atoms with E-state index in [0.29, 0.717) is 6.54 Å². The number of pyridine rings is 1. The number of rotatable bonds is 1. The van der Waals surface area contributed by atoms with Gasteiger partial charge in [0.15, 0.2) is 0 Å². The van der Waals surface area contributed by atoms with Crippen LogP contribution in [-0.2, 0) is 6.54 Å². The lowest BCUT2D eigenvalue weighted by molar-refractivity contribution is 0.618. The van der Waals surface area contributed by atoms with Crippen molar-refractivity contribution in [3.63, 3.8) is 0 Å². The lowest BCUT2D eigenvalue weighted by atomic mass is 10.1. The Bertz CT molecular complexity index is 628. The Morgan fingerprint density at radius 3 is 2.87 bits per heavy atom. The molecule has 3 nitrogen and oxygen atoms in total. The Morgan fingerprint density at radius 1 is 1.13 bits per heavy atom. The third kappa shape index (κ3) is 1.13. The van der Waals surface area contributed by atoms with Crippen molar-refractivity contribution in [3.05, 3.63) is 42.4 Å². The quantitative estimate of drug-likeness (QED) is 0.653. The van der Waals surface area contributed by atoms with E-state index in [-0.39, 0.29) is 0 Å². The number of hydrogen-bond donors (Lipinski definition) is 1. The lowest BCUT2D eigenvalue weighted by Crippen LogP contribution is -2.00. The van der Waals surface area contributed by atoms with Crippen LogP contribution in [0.5, 0.6) is 0 Å². The van der Waals surface area contributed by atoms with E-state index >= 15 is 0 Å². The number of nitrogens with zero attached hydrogens (tertiary/aromatic N) is 1. The fourth-order valence-corrected chi connectivity index (χ4v) is 1.91. The molecule has 3 heteroatoms. The summed E-state index contributed by atoms with van der Waals surface area (Å²) in [6.45, 7) is 0.428. The third-order valence-corrected chi connectivity index (χ3v) is 2.62. The van der Waals surface area contributed by atoms with Crippen molar-refractivity contribution in [1.82, 2.24) is 4.98 Å². The van der Waals surface area contributed by atoms with Crippen LogP contribution in [0.1, 0.15) is 5.69 Å². The molecule has 0 spiro atoms. The van der Waals surface area contributed by atoms with E-state index in [4.69, 9.17) is 10.2 Å². The normalized spacial score (nSPS) is 11.3. The van der Waals surface area contributed by atoms with Gasteiger partial charge < -0.3 is 10.2 Å². The zero-order valence-corrected chi connectivity index (χ0v) is 8.10. The number of aromatic nitrogens is 1. The summed E-state index contributed by atoms with van der Waals surface area (Å²) in [6.07, 6.45) is 3.47. The van der Waals surface area contributed by atoms with Gasteiger partial charge in [0, 0.05) is 23.5 Å². The van der Waals surface area contributed by atoms with Gasteiger partial charge >= 0.3 is 0 Å². The number of nitrogens with two attached hydrogens (primary N) is 1. The molecule has 1 aromatic carbocycles. The summed E-state index contributed by atoms with van der Waals surface area (Å²) in [4.78, 5) is 4.27. The average Bonchev–Trinajstić information content (AvgIpc) is 2.76. The maximum absolute atomic E-state index is 5.67. The molecule has 2 heterocycles. The van der Waals surface area contributed by atoms with Crippen LogP contribution in [0.2, 0.25) is 0 Å². The largest absolute Gasteiger partial charge is 0.464 e. The smallest absolute Gasteiger partial charge is 0.143 e. The van der Waals surface area contributed by atoms with E-state index in [0.717, 1.165) is 27.4 Å². The third-order valence-electron chi connectivity index (χ3n) is 2.62. The van der Waals surface area contributed by atoms with Gasteiger partial charge in [-0.25, -0.2) is 0 Å². The maximum Gasteiger partial charge on any atom is 0.143 e. The first kappa shape index (κ1) is 8.44. The Kier molecular flexibility index (Phi) is 1.73. The summed E-state index contributed by atoms with van der Waals surface area (Å²) in [5.41, 5.74) is 7.43. The molecule has 0 aliphatic heterocycles. The van der Waals surface area contributed by atoms with Gasteiger partial charge in [-0.1, -0.05) is 12.1 Å². The van der Waals surface area contributed by atoms with Crippen LogP contribution in [0.3, 0.4) is 0 Å². The standard InChI is InChI=1S/C12H10N2O/c13-7-10-11-8(3-5-14-10)1-2-9-4-6-15-12(9)11/h1-6H,7,13H2. The molecule has 0 radical (unpaired) electrons. The molecule has 0 amide bonds. The molecular weight excluding hydrogens is 188 g/mol. The fourth-order valence-electron chi connectivity index (χ4n) is 1.91. The second-order valence-corrected chi connectivity index (χ2v) is 3.46. The molecule has 0 saturated carbocycles. The zero-order valence-electron chi connectivity index (χ0n) is 8.10. The summed E-state index contributed by atoms with van der Waals surface area (Å²) < 4.78 is 5.48. The average molecular weight is 198 g/mol. The molecule has 15 heavy (non-hydrogen) atoms. The molecule has 2 aromatic heterocycles. The van der Waals surface area contributed by atoms with Crippen LogP contribution in [-0.4, -0.2) is 4.98 Å². The van der Waals surface area contributed by atoms with Gasteiger partial charge in [-0.15, -0.1) is 0 Å². The number of fused-ring (bicyclic) bond motifs is 3. The Morgan fingerprint density at radius 2 is 2.00 bits per heavy atom. The molecule has 0 aliphatic carbocycles. The number of hydrogen-bond acceptors (Lipinski definition) is 3. The summed E-state index contributed by atoms with van der Waals surface area (Å²) in [5, 5.41) is 3.24. The summed E-state index contributed by atoms with van der Waals surface area (Å²) in [7, 11) is 0. The molecule has 2 N–H and O–H groups in total. The molecular formula is C12H10N2O. The first-order valence-corrected chi connectivity index (χ1v) is 4.84. The van der Waals surface area contributed by atoms with E-state index in [1.165, 1.54) is 0 Å². The highest BCUT2D eigenvalue weighted by atomic mass is 16.3. The Balaban J connectivity index is 2.58. The monoisotopic (exact) mass is 198 g/mol. The van der Waals surface area contributed by atoms with Crippen molar-refractivity contribution in [3.8, 4) is 0 Å². The SMILES string of the molecule is NCc1nccc2ccc3ccoc3c12. The van der Waals surface area contributed by atoms with E-state index in [2.05, 4.69) is 11.1 Å². The summed E-state index contributed by atoms with van der Waals surface area (Å²) >= 11 is 0. The van der Waals surface area contributed by atoms with Gasteiger partial charge in [0.05, 0.1) is 12.0 Å². The van der Waals surface area contributed by atoms with Crippen molar-refractivity contribution in [2.45, 2.75) is 6.54 Å². The molecule has 3 aromatic rings. The van der Waals surface area contributed by atoms with Gasteiger partial charge in [-0.2, -0.15) is 0 Å². The van der Waals surface area contributed by atoms with Crippen LogP contribution >= 0.6 is 0 Å². The molecule has 74 valence electrons. The van der Waals surface area contributed by atoms with E-state index < -0.39 is 0 Å². The highest BCUT2D eigenvalue weighted by Gasteiger charge is 2.07. The molecule has 0 aliphatic rings. The van der Waals surface area contributed by atoms with Crippen molar-refractivity contribution in [2.24, 2.45) is 5.73 Å². The second kappa shape index (κ2) is 3.07. The Hall–Kier alpha value is -1.87. The van der Waals surface area contributed by atoms with Crippen LogP contribution in [0.4, 0.5) is 0 Å².